The van der Waals surface area contributed by atoms with Gasteiger partial charge in [0.15, 0.2) is 0 Å². The summed E-state index contributed by atoms with van der Waals surface area (Å²) in [5.74, 6) is 0.187. The predicted octanol–water partition coefficient (Wildman–Crippen LogP) is 1.02. The van der Waals surface area contributed by atoms with Crippen LogP contribution in [-0.4, -0.2) is 22.9 Å². The molecule has 0 aromatic carbocycles. The number of amides is 1. The fourth-order valence-corrected chi connectivity index (χ4v) is 1.47. The third kappa shape index (κ3) is 1.71. The van der Waals surface area contributed by atoms with Crippen molar-refractivity contribution in [2.24, 2.45) is 5.10 Å². The minimum absolute atomic E-state index is 0.217. The molecule has 0 saturated heterocycles. The molecule has 2 heterocycles. The highest BCUT2D eigenvalue weighted by Crippen LogP contribution is 2.26. The molecule has 5 heteroatoms. The lowest BCUT2D eigenvalue weighted by Gasteiger charge is -2.02. The second kappa shape index (κ2) is 3.52. The summed E-state index contributed by atoms with van der Waals surface area (Å²) >= 11 is 0. The van der Waals surface area contributed by atoms with Crippen LogP contribution >= 0.6 is 0 Å². The largest absolute Gasteiger partial charge is 0.473 e. The van der Waals surface area contributed by atoms with Gasteiger partial charge in [-0.2, -0.15) is 0 Å². The van der Waals surface area contributed by atoms with Gasteiger partial charge in [0.2, 0.25) is 5.90 Å². The average molecular weight is 217 g/mol. The number of ether oxygens (including phenoxy) is 1. The van der Waals surface area contributed by atoms with E-state index in [1.165, 1.54) is 0 Å². The summed E-state index contributed by atoms with van der Waals surface area (Å²) in [7, 11) is 0. The molecule has 1 fully saturated rings. The monoisotopic (exact) mass is 217 g/mol. The van der Waals surface area contributed by atoms with Crippen LogP contribution in [0.2, 0.25) is 0 Å². The van der Waals surface area contributed by atoms with Crippen molar-refractivity contribution in [1.82, 2.24) is 10.4 Å². The summed E-state index contributed by atoms with van der Waals surface area (Å²) < 4.78 is 5.54. The molecule has 1 aliphatic heterocycles. The molecular weight excluding hydrogens is 206 g/mol. The van der Waals surface area contributed by atoms with Crippen molar-refractivity contribution in [1.29, 1.82) is 0 Å². The number of hydrogen-bond acceptors (Lipinski definition) is 3. The van der Waals surface area contributed by atoms with Gasteiger partial charge in [-0.25, -0.2) is 5.43 Å². The number of H-pyrrole nitrogens is 1. The van der Waals surface area contributed by atoms with Crippen molar-refractivity contribution < 1.29 is 9.53 Å². The molecule has 1 aromatic heterocycles. The zero-order valence-corrected chi connectivity index (χ0v) is 8.56. The Labute approximate surface area is 92.2 Å². The number of hydrazone groups is 1. The highest BCUT2D eigenvalue weighted by atomic mass is 16.5. The summed E-state index contributed by atoms with van der Waals surface area (Å²) in [5.41, 5.74) is 3.75. The number of nitrogens with zero attached hydrogens (tertiary/aromatic N) is 1. The van der Waals surface area contributed by atoms with Gasteiger partial charge < -0.3 is 9.72 Å². The fraction of sp³-hybridized carbons (Fsp3) is 0.273. The van der Waals surface area contributed by atoms with E-state index in [0.29, 0.717) is 11.5 Å². The Hall–Kier alpha value is -2.04. The van der Waals surface area contributed by atoms with E-state index in [0.717, 1.165) is 18.5 Å². The molecule has 1 saturated carbocycles. The quantitative estimate of drug-likeness (QED) is 0.726. The molecule has 0 spiro atoms. The van der Waals surface area contributed by atoms with Gasteiger partial charge in [0, 0.05) is 11.9 Å². The molecular formula is C11H11N3O2. The topological polar surface area (TPSA) is 66.5 Å². The first-order valence-electron chi connectivity index (χ1n) is 5.23. The van der Waals surface area contributed by atoms with Crippen LogP contribution in [-0.2, 0) is 9.53 Å². The SMILES string of the molecule is O=C1NN=C(OC2CC2)C1=Cc1ccc[nH]1. The third-order valence-electron chi connectivity index (χ3n) is 2.46. The van der Waals surface area contributed by atoms with Gasteiger partial charge in [0.05, 0.1) is 0 Å². The molecule has 82 valence electrons. The maximum atomic E-state index is 11.5. The minimum atomic E-state index is -0.217. The summed E-state index contributed by atoms with van der Waals surface area (Å²) in [4.78, 5) is 14.5. The van der Waals surface area contributed by atoms with E-state index in [9.17, 15) is 4.79 Å². The van der Waals surface area contributed by atoms with E-state index in [4.69, 9.17) is 4.74 Å². The molecule has 1 aliphatic carbocycles. The maximum absolute atomic E-state index is 11.5. The highest BCUT2D eigenvalue weighted by Gasteiger charge is 2.31. The predicted molar refractivity (Wildman–Crippen MR) is 58.5 cm³/mol. The van der Waals surface area contributed by atoms with Gasteiger partial charge in [0.25, 0.3) is 5.91 Å². The molecule has 1 amide bonds. The second-order valence-corrected chi connectivity index (χ2v) is 3.86. The third-order valence-corrected chi connectivity index (χ3v) is 2.46. The fourth-order valence-electron chi connectivity index (χ4n) is 1.47. The Morgan fingerprint density at radius 1 is 1.50 bits per heavy atom. The van der Waals surface area contributed by atoms with E-state index < -0.39 is 0 Å². The lowest BCUT2D eigenvalue weighted by molar-refractivity contribution is -0.116. The number of aromatic nitrogens is 1. The van der Waals surface area contributed by atoms with Crippen molar-refractivity contribution in [3.8, 4) is 0 Å². The molecule has 2 aliphatic rings. The number of nitrogens with one attached hydrogen (secondary N) is 2. The summed E-state index contributed by atoms with van der Waals surface area (Å²) in [5, 5.41) is 3.87. The second-order valence-electron chi connectivity index (χ2n) is 3.86. The molecule has 0 bridgehead atoms. The van der Waals surface area contributed by atoms with Gasteiger partial charge in [-0.15, -0.1) is 5.10 Å². The van der Waals surface area contributed by atoms with E-state index in [2.05, 4.69) is 15.5 Å². The van der Waals surface area contributed by atoms with Crippen molar-refractivity contribution in [3.05, 3.63) is 29.6 Å². The normalized spacial score (nSPS) is 22.1. The smallest absolute Gasteiger partial charge is 0.277 e. The van der Waals surface area contributed by atoms with Gasteiger partial charge in [-0.05, 0) is 31.1 Å². The Morgan fingerprint density at radius 3 is 3.06 bits per heavy atom. The number of carbonyl (C=O) groups excluding carboxylic acids is 1. The first-order valence-corrected chi connectivity index (χ1v) is 5.23. The zero-order valence-electron chi connectivity index (χ0n) is 8.56. The summed E-state index contributed by atoms with van der Waals surface area (Å²) in [6.07, 6.45) is 5.87. The first-order chi connectivity index (χ1) is 7.83. The Bertz CT molecular complexity index is 469. The molecule has 16 heavy (non-hydrogen) atoms. The van der Waals surface area contributed by atoms with Crippen molar-refractivity contribution in [3.63, 3.8) is 0 Å². The molecule has 0 atom stereocenters. The van der Waals surface area contributed by atoms with Crippen LogP contribution in [0.4, 0.5) is 0 Å². The average Bonchev–Trinajstić information content (AvgIpc) is 2.82. The van der Waals surface area contributed by atoms with E-state index in [1.807, 2.05) is 12.1 Å². The van der Waals surface area contributed by atoms with Crippen LogP contribution in [0, 0.1) is 0 Å². The Balaban J connectivity index is 1.85. The molecule has 3 rings (SSSR count). The van der Waals surface area contributed by atoms with Gasteiger partial charge in [-0.1, -0.05) is 0 Å². The minimum Gasteiger partial charge on any atom is -0.473 e. The summed E-state index contributed by atoms with van der Waals surface area (Å²) in [6.45, 7) is 0. The van der Waals surface area contributed by atoms with E-state index in [-0.39, 0.29) is 12.0 Å². The van der Waals surface area contributed by atoms with Crippen LogP contribution in [0.25, 0.3) is 6.08 Å². The number of rotatable bonds is 2. The van der Waals surface area contributed by atoms with Gasteiger partial charge >= 0.3 is 0 Å². The number of hydrogen-bond donors (Lipinski definition) is 2. The van der Waals surface area contributed by atoms with Crippen molar-refractivity contribution >= 4 is 17.9 Å². The highest BCUT2D eigenvalue weighted by molar-refractivity contribution is 6.24. The number of carbonyl (C=O) groups is 1. The molecule has 0 radical (unpaired) electrons. The Kier molecular flexibility index (Phi) is 2.02. The lowest BCUT2D eigenvalue weighted by Crippen LogP contribution is -2.14. The Morgan fingerprint density at radius 2 is 2.38 bits per heavy atom. The number of aromatic amines is 1. The molecule has 5 nitrogen and oxygen atoms in total. The zero-order chi connectivity index (χ0) is 11.0. The first kappa shape index (κ1) is 9.21. The van der Waals surface area contributed by atoms with Crippen LogP contribution < -0.4 is 5.43 Å². The molecule has 2 N–H and O–H groups in total. The van der Waals surface area contributed by atoms with Crippen LogP contribution in [0.15, 0.2) is 29.0 Å². The summed E-state index contributed by atoms with van der Waals surface area (Å²) in [6, 6.07) is 3.76. The van der Waals surface area contributed by atoms with Crippen LogP contribution in [0.3, 0.4) is 0 Å². The molecule has 0 unspecified atom stereocenters. The van der Waals surface area contributed by atoms with Gasteiger partial charge in [-0.3, -0.25) is 4.79 Å². The van der Waals surface area contributed by atoms with E-state index >= 15 is 0 Å². The lowest BCUT2D eigenvalue weighted by atomic mass is 10.2. The molecule has 1 aromatic rings. The van der Waals surface area contributed by atoms with Gasteiger partial charge in [0.1, 0.15) is 11.7 Å². The van der Waals surface area contributed by atoms with Crippen molar-refractivity contribution in [2.75, 3.05) is 0 Å². The standard InChI is InChI=1S/C11H11N3O2/c15-10-9(6-7-2-1-5-12-7)11(14-13-10)16-8-3-4-8/h1-2,5-6,8,12H,3-4H2,(H,13,15). The van der Waals surface area contributed by atoms with Crippen LogP contribution in [0.1, 0.15) is 18.5 Å². The maximum Gasteiger partial charge on any atom is 0.277 e. The van der Waals surface area contributed by atoms with E-state index in [1.54, 1.807) is 12.3 Å². The van der Waals surface area contributed by atoms with Crippen molar-refractivity contribution in [2.45, 2.75) is 18.9 Å². The van der Waals surface area contributed by atoms with Crippen LogP contribution in [0.5, 0.6) is 0 Å².